The van der Waals surface area contributed by atoms with Gasteiger partial charge in [0.25, 0.3) is 5.91 Å². The Labute approximate surface area is 181 Å². The molecule has 2 heterocycles. The summed E-state index contributed by atoms with van der Waals surface area (Å²) in [5, 5.41) is 12.0. The highest BCUT2D eigenvalue weighted by molar-refractivity contribution is 5.97. The Bertz CT molecular complexity index is 1050. The number of nitrogens with one attached hydrogen (secondary N) is 1. The maximum absolute atomic E-state index is 14.5. The van der Waals surface area contributed by atoms with Gasteiger partial charge in [-0.25, -0.2) is 13.6 Å². The van der Waals surface area contributed by atoms with Crippen molar-refractivity contribution in [3.8, 4) is 11.1 Å². The van der Waals surface area contributed by atoms with E-state index in [0.29, 0.717) is 5.56 Å². The molecule has 1 atom stereocenters. The number of hydrogen-bond acceptors (Lipinski definition) is 5. The number of carbonyl (C=O) groups excluding carboxylic acids is 2. The van der Waals surface area contributed by atoms with Crippen molar-refractivity contribution in [2.45, 2.75) is 18.2 Å². The van der Waals surface area contributed by atoms with Crippen LogP contribution in [0.2, 0.25) is 0 Å². The summed E-state index contributed by atoms with van der Waals surface area (Å²) in [5.41, 5.74) is 0.627. The van der Waals surface area contributed by atoms with Gasteiger partial charge in [0.05, 0.1) is 19.8 Å². The molecule has 0 unspecified atom stereocenters. The summed E-state index contributed by atoms with van der Waals surface area (Å²) in [6.45, 7) is 0.108. The Balaban J connectivity index is 1.41. The molecule has 0 aromatic heterocycles. The minimum atomic E-state index is -1.37. The molecular weight excluding hydrogens is 426 g/mol. The summed E-state index contributed by atoms with van der Waals surface area (Å²) in [7, 11) is 0. The van der Waals surface area contributed by atoms with Crippen molar-refractivity contribution in [3.63, 3.8) is 0 Å². The van der Waals surface area contributed by atoms with Crippen molar-refractivity contribution in [1.29, 1.82) is 0 Å². The number of carboxylic acid groups (broad SMARTS) is 1. The number of halogens is 2. The van der Waals surface area contributed by atoms with Crippen LogP contribution in [0.4, 0.5) is 8.78 Å². The molecule has 8 nitrogen and oxygen atoms in total. The van der Waals surface area contributed by atoms with Crippen LogP contribution in [0.3, 0.4) is 0 Å². The predicted molar refractivity (Wildman–Crippen MR) is 107 cm³/mol. The Morgan fingerprint density at radius 2 is 1.78 bits per heavy atom. The zero-order valence-corrected chi connectivity index (χ0v) is 16.8. The zero-order valence-electron chi connectivity index (χ0n) is 16.8. The standard InChI is InChI=1S/C22H20F2N2O6/c23-15-4-1-13(2-5-15)16-6-3-14(11-17(16)24)20(28)25-12-18(27)26-8-7-22(19(26)21(29)30)31-9-10-32-22/h1-6,11,19H,7-10,12H2,(H,25,28)(H,29,30)/t19-/m1/s1. The highest BCUT2D eigenvalue weighted by Crippen LogP contribution is 2.36. The molecule has 0 radical (unpaired) electrons. The van der Waals surface area contributed by atoms with Crippen LogP contribution in [0.25, 0.3) is 11.1 Å². The lowest BCUT2D eigenvalue weighted by atomic mass is 10.0. The van der Waals surface area contributed by atoms with Crippen LogP contribution < -0.4 is 5.32 Å². The molecule has 0 saturated carbocycles. The first-order chi connectivity index (χ1) is 15.3. The van der Waals surface area contributed by atoms with Gasteiger partial charge in [-0.1, -0.05) is 18.2 Å². The van der Waals surface area contributed by atoms with Gasteiger partial charge in [0.1, 0.15) is 11.6 Å². The number of carbonyl (C=O) groups is 3. The monoisotopic (exact) mass is 446 g/mol. The SMILES string of the molecule is O=C(NCC(=O)N1CCC2(OCCO2)[C@H]1C(=O)O)c1ccc(-c2ccc(F)cc2)c(F)c1. The van der Waals surface area contributed by atoms with Gasteiger partial charge in [-0.05, 0) is 29.8 Å². The highest BCUT2D eigenvalue weighted by atomic mass is 19.1. The second-order valence-corrected chi connectivity index (χ2v) is 7.47. The van der Waals surface area contributed by atoms with Gasteiger partial charge in [-0.2, -0.15) is 0 Å². The quantitative estimate of drug-likeness (QED) is 0.726. The highest BCUT2D eigenvalue weighted by Gasteiger charge is 2.57. The molecule has 2 aromatic rings. The second-order valence-electron chi connectivity index (χ2n) is 7.47. The van der Waals surface area contributed by atoms with Crippen molar-refractivity contribution in [3.05, 3.63) is 59.7 Å². The number of aliphatic carboxylic acids is 1. The Morgan fingerprint density at radius 1 is 1.09 bits per heavy atom. The third-order valence-electron chi connectivity index (χ3n) is 5.55. The Hall–Kier alpha value is -3.37. The predicted octanol–water partition coefficient (Wildman–Crippen LogP) is 1.79. The summed E-state index contributed by atoms with van der Waals surface area (Å²) in [6, 6.07) is 7.72. The van der Waals surface area contributed by atoms with E-state index in [-0.39, 0.29) is 37.3 Å². The average Bonchev–Trinajstić information content (AvgIpc) is 3.40. The molecule has 168 valence electrons. The van der Waals surface area contributed by atoms with E-state index >= 15 is 0 Å². The van der Waals surface area contributed by atoms with E-state index in [1.807, 2.05) is 0 Å². The minimum absolute atomic E-state index is 0.0173. The number of amides is 2. The maximum Gasteiger partial charge on any atom is 0.332 e. The number of nitrogens with zero attached hydrogens (tertiary/aromatic N) is 1. The molecule has 2 amide bonds. The fourth-order valence-electron chi connectivity index (χ4n) is 4.02. The smallest absolute Gasteiger partial charge is 0.332 e. The molecule has 32 heavy (non-hydrogen) atoms. The molecule has 0 aliphatic carbocycles. The van der Waals surface area contributed by atoms with Crippen LogP contribution in [0.1, 0.15) is 16.8 Å². The number of ether oxygens (including phenoxy) is 2. The summed E-state index contributed by atoms with van der Waals surface area (Å²) in [4.78, 5) is 37.9. The van der Waals surface area contributed by atoms with Gasteiger partial charge in [-0.15, -0.1) is 0 Å². The lowest BCUT2D eigenvalue weighted by molar-refractivity contribution is -0.191. The van der Waals surface area contributed by atoms with Crippen molar-refractivity contribution >= 4 is 17.8 Å². The van der Waals surface area contributed by atoms with Crippen molar-refractivity contribution < 1.29 is 37.7 Å². The van der Waals surface area contributed by atoms with E-state index in [2.05, 4.69) is 5.32 Å². The minimum Gasteiger partial charge on any atom is -0.480 e. The van der Waals surface area contributed by atoms with Crippen LogP contribution >= 0.6 is 0 Å². The number of benzene rings is 2. The molecule has 2 aliphatic rings. The van der Waals surface area contributed by atoms with Crippen LogP contribution in [0.5, 0.6) is 0 Å². The van der Waals surface area contributed by atoms with Gasteiger partial charge < -0.3 is 24.8 Å². The van der Waals surface area contributed by atoms with Gasteiger partial charge in [-0.3, -0.25) is 9.59 Å². The molecule has 2 N–H and O–H groups in total. The van der Waals surface area contributed by atoms with Gasteiger partial charge >= 0.3 is 5.97 Å². The third-order valence-corrected chi connectivity index (χ3v) is 5.55. The molecule has 10 heteroatoms. The maximum atomic E-state index is 14.5. The first-order valence-corrected chi connectivity index (χ1v) is 9.94. The number of rotatable bonds is 5. The number of hydrogen-bond donors (Lipinski definition) is 2. The molecule has 2 aromatic carbocycles. The lowest BCUT2D eigenvalue weighted by Gasteiger charge is -2.30. The van der Waals surface area contributed by atoms with Crippen LogP contribution in [-0.2, 0) is 19.1 Å². The molecule has 2 fully saturated rings. The van der Waals surface area contributed by atoms with Gasteiger partial charge in [0, 0.05) is 24.1 Å². The fourth-order valence-corrected chi connectivity index (χ4v) is 4.02. The van der Waals surface area contributed by atoms with Crippen molar-refractivity contribution in [1.82, 2.24) is 10.2 Å². The van der Waals surface area contributed by atoms with Crippen molar-refractivity contribution in [2.75, 3.05) is 26.3 Å². The number of likely N-dealkylation sites (tertiary alicyclic amines) is 1. The summed E-state index contributed by atoms with van der Waals surface area (Å²) < 4.78 is 38.5. The van der Waals surface area contributed by atoms with E-state index in [9.17, 15) is 28.3 Å². The number of carboxylic acids is 1. The zero-order chi connectivity index (χ0) is 22.9. The third kappa shape index (κ3) is 4.06. The lowest BCUT2D eigenvalue weighted by Crippen LogP contribution is -2.54. The van der Waals surface area contributed by atoms with Crippen LogP contribution in [0, 0.1) is 11.6 Å². The van der Waals surface area contributed by atoms with Crippen LogP contribution in [-0.4, -0.2) is 65.9 Å². The van der Waals surface area contributed by atoms with Crippen LogP contribution in [0.15, 0.2) is 42.5 Å². The molecule has 2 saturated heterocycles. The van der Waals surface area contributed by atoms with E-state index in [0.717, 1.165) is 11.0 Å². The van der Waals surface area contributed by atoms with Gasteiger partial charge in [0.2, 0.25) is 11.7 Å². The molecule has 0 bridgehead atoms. The van der Waals surface area contributed by atoms with E-state index in [1.54, 1.807) is 0 Å². The Morgan fingerprint density at radius 3 is 2.41 bits per heavy atom. The fraction of sp³-hybridized carbons (Fsp3) is 0.318. The summed E-state index contributed by atoms with van der Waals surface area (Å²) in [5.74, 6) is -5.08. The first kappa shape index (κ1) is 21.8. The van der Waals surface area contributed by atoms with Gasteiger partial charge in [0.15, 0.2) is 6.04 Å². The topological polar surface area (TPSA) is 105 Å². The van der Waals surface area contributed by atoms with E-state index in [4.69, 9.17) is 9.47 Å². The second kappa shape index (κ2) is 8.64. The first-order valence-electron chi connectivity index (χ1n) is 9.94. The van der Waals surface area contributed by atoms with E-state index < -0.39 is 47.8 Å². The molecule has 2 aliphatic heterocycles. The van der Waals surface area contributed by atoms with Crippen molar-refractivity contribution in [2.24, 2.45) is 0 Å². The molecular formula is C22H20F2N2O6. The summed E-state index contributed by atoms with van der Waals surface area (Å²) >= 11 is 0. The normalized spacial score (nSPS) is 19.3. The molecule has 1 spiro atoms. The van der Waals surface area contributed by atoms with E-state index in [1.165, 1.54) is 36.4 Å². The largest absolute Gasteiger partial charge is 0.480 e. The molecule has 4 rings (SSSR count). The Kier molecular flexibility index (Phi) is 5.90. The average molecular weight is 446 g/mol. The summed E-state index contributed by atoms with van der Waals surface area (Å²) in [6.07, 6.45) is 0.208.